The first-order chi connectivity index (χ1) is 17.2. The maximum absolute atomic E-state index is 13.2. The molecule has 0 bridgehead atoms. The Morgan fingerprint density at radius 2 is 1.78 bits per heavy atom. The summed E-state index contributed by atoms with van der Waals surface area (Å²) in [6.45, 7) is 2.92. The topological polar surface area (TPSA) is 195 Å². The monoisotopic (exact) mass is 497 g/mol. The van der Waals surface area contributed by atoms with Gasteiger partial charge in [0.25, 0.3) is 0 Å². The second-order valence-electron chi connectivity index (χ2n) is 8.85. The van der Waals surface area contributed by atoms with E-state index in [0.29, 0.717) is 5.69 Å². The van der Waals surface area contributed by atoms with E-state index in [2.05, 4.69) is 30.9 Å². The molecule has 0 aliphatic carbocycles. The third kappa shape index (κ3) is 6.92. The van der Waals surface area contributed by atoms with Gasteiger partial charge in [-0.2, -0.15) is 0 Å². The van der Waals surface area contributed by atoms with Crippen molar-refractivity contribution in [3.63, 3.8) is 0 Å². The standard InChI is InChI=1S/C24H31N7O5/c1-13(2)21(31-22(34)17(25)8-15-10-26-12-29-15)24(36)30-19(23(35)28-11-20(32)33)7-14-9-27-18-6-4-3-5-16(14)18/h3-6,9-10,12-13,17,19,21,27H,7-8,11,25H2,1-2H3,(H,26,29)(H,28,35)(H,30,36)(H,31,34)(H,32,33). The van der Waals surface area contributed by atoms with E-state index >= 15 is 0 Å². The van der Waals surface area contributed by atoms with Crippen LogP contribution in [-0.2, 0) is 32.0 Å². The van der Waals surface area contributed by atoms with Crippen molar-refractivity contribution in [3.8, 4) is 0 Å². The van der Waals surface area contributed by atoms with Crippen LogP contribution in [0.15, 0.2) is 43.0 Å². The molecule has 1 aromatic carbocycles. The van der Waals surface area contributed by atoms with Gasteiger partial charge < -0.3 is 36.8 Å². The SMILES string of the molecule is CC(C)C(NC(=O)C(N)Cc1cnc[nH]1)C(=O)NC(Cc1c[nH]c2ccccc12)C(=O)NCC(=O)O. The Kier molecular flexibility index (Phi) is 8.79. The molecule has 192 valence electrons. The van der Waals surface area contributed by atoms with Crippen molar-refractivity contribution in [1.29, 1.82) is 0 Å². The first-order valence-electron chi connectivity index (χ1n) is 11.5. The lowest BCUT2D eigenvalue weighted by molar-refractivity contribution is -0.138. The Balaban J connectivity index is 1.74. The second kappa shape index (κ2) is 12.0. The van der Waals surface area contributed by atoms with Crippen LogP contribution in [0.3, 0.4) is 0 Å². The van der Waals surface area contributed by atoms with E-state index in [-0.39, 0.29) is 18.8 Å². The lowest BCUT2D eigenvalue weighted by Crippen LogP contribution is -2.58. The lowest BCUT2D eigenvalue weighted by atomic mass is 10.00. The molecule has 0 fully saturated rings. The lowest BCUT2D eigenvalue weighted by Gasteiger charge is -2.26. The number of rotatable bonds is 12. The number of carboxylic acids is 1. The minimum atomic E-state index is -1.21. The van der Waals surface area contributed by atoms with Gasteiger partial charge in [0.1, 0.15) is 18.6 Å². The number of carbonyl (C=O) groups is 4. The van der Waals surface area contributed by atoms with Crippen LogP contribution < -0.4 is 21.7 Å². The number of nitrogens with zero attached hydrogens (tertiary/aromatic N) is 1. The van der Waals surface area contributed by atoms with Crippen LogP contribution in [0, 0.1) is 5.92 Å². The number of para-hydroxylation sites is 1. The van der Waals surface area contributed by atoms with Crippen LogP contribution in [0.1, 0.15) is 25.1 Å². The minimum absolute atomic E-state index is 0.110. The molecule has 0 spiro atoms. The van der Waals surface area contributed by atoms with Gasteiger partial charge in [-0.15, -0.1) is 0 Å². The molecule has 12 heteroatoms. The summed E-state index contributed by atoms with van der Waals surface area (Å²) in [4.78, 5) is 59.6. The summed E-state index contributed by atoms with van der Waals surface area (Å²) in [5.74, 6) is -3.28. The summed E-state index contributed by atoms with van der Waals surface area (Å²) in [6, 6.07) is 4.53. The molecule has 0 aliphatic rings. The van der Waals surface area contributed by atoms with E-state index in [1.165, 1.54) is 6.33 Å². The zero-order valence-corrected chi connectivity index (χ0v) is 20.1. The molecular weight excluding hydrogens is 466 g/mol. The number of hydrogen-bond donors (Lipinski definition) is 7. The number of amides is 3. The molecule has 0 aliphatic heterocycles. The Hall–Kier alpha value is -4.19. The summed E-state index contributed by atoms with van der Waals surface area (Å²) in [5.41, 5.74) is 8.32. The molecule has 12 nitrogen and oxygen atoms in total. The summed E-state index contributed by atoms with van der Waals surface area (Å²) in [7, 11) is 0. The highest BCUT2D eigenvalue weighted by Gasteiger charge is 2.31. The molecule has 36 heavy (non-hydrogen) atoms. The zero-order valence-electron chi connectivity index (χ0n) is 20.1. The Bertz CT molecular complexity index is 1200. The smallest absolute Gasteiger partial charge is 0.322 e. The molecule has 0 radical (unpaired) electrons. The van der Waals surface area contributed by atoms with E-state index in [0.717, 1.165) is 16.5 Å². The largest absolute Gasteiger partial charge is 0.480 e. The molecule has 2 aromatic heterocycles. The number of nitrogens with two attached hydrogens (primary N) is 1. The number of benzene rings is 1. The summed E-state index contributed by atoms with van der Waals surface area (Å²) in [5, 5.41) is 17.5. The number of imidazole rings is 1. The van der Waals surface area contributed by atoms with Gasteiger partial charge in [-0.05, 0) is 17.5 Å². The Labute approximate surface area is 207 Å². The normalized spacial score (nSPS) is 13.7. The van der Waals surface area contributed by atoms with Gasteiger partial charge >= 0.3 is 5.97 Å². The average Bonchev–Trinajstić information content (AvgIpc) is 3.50. The quantitative estimate of drug-likeness (QED) is 0.180. The first kappa shape index (κ1) is 26.4. The maximum atomic E-state index is 13.2. The molecule has 3 rings (SSSR count). The van der Waals surface area contributed by atoms with Crippen molar-refractivity contribution in [2.45, 2.75) is 44.8 Å². The van der Waals surface area contributed by atoms with E-state index in [1.54, 1.807) is 26.2 Å². The van der Waals surface area contributed by atoms with Gasteiger partial charge in [-0.25, -0.2) is 4.98 Å². The van der Waals surface area contributed by atoms with E-state index in [4.69, 9.17) is 10.8 Å². The number of nitrogens with one attached hydrogen (secondary N) is 5. The van der Waals surface area contributed by atoms with Gasteiger partial charge in [0.15, 0.2) is 0 Å². The van der Waals surface area contributed by atoms with Gasteiger partial charge in [-0.1, -0.05) is 32.0 Å². The van der Waals surface area contributed by atoms with Crippen molar-refractivity contribution in [3.05, 3.63) is 54.2 Å². The van der Waals surface area contributed by atoms with Crippen LogP contribution >= 0.6 is 0 Å². The number of carboxylic acid groups (broad SMARTS) is 1. The second-order valence-corrected chi connectivity index (χ2v) is 8.85. The fraction of sp³-hybridized carbons (Fsp3) is 0.375. The van der Waals surface area contributed by atoms with Crippen molar-refractivity contribution in [1.82, 2.24) is 30.9 Å². The molecular formula is C24H31N7O5. The van der Waals surface area contributed by atoms with Gasteiger partial charge in [0, 0.05) is 41.8 Å². The summed E-state index contributed by atoms with van der Waals surface area (Å²) >= 11 is 0. The average molecular weight is 498 g/mol. The van der Waals surface area contributed by atoms with Crippen molar-refractivity contribution in [2.24, 2.45) is 11.7 Å². The summed E-state index contributed by atoms with van der Waals surface area (Å²) in [6.07, 6.45) is 5.10. The fourth-order valence-corrected chi connectivity index (χ4v) is 3.80. The number of H-pyrrole nitrogens is 2. The zero-order chi connectivity index (χ0) is 26.2. The van der Waals surface area contributed by atoms with Crippen LogP contribution in [-0.4, -0.2) is 68.4 Å². The molecule has 3 atom stereocenters. The predicted octanol–water partition coefficient (Wildman–Crippen LogP) is -0.170. The molecule has 3 aromatic rings. The van der Waals surface area contributed by atoms with Gasteiger partial charge in [-0.3, -0.25) is 19.2 Å². The highest BCUT2D eigenvalue weighted by atomic mass is 16.4. The molecule has 8 N–H and O–H groups in total. The van der Waals surface area contributed by atoms with Gasteiger partial charge in [0.2, 0.25) is 17.7 Å². The van der Waals surface area contributed by atoms with Crippen LogP contribution in [0.4, 0.5) is 0 Å². The third-order valence-corrected chi connectivity index (χ3v) is 5.72. The fourth-order valence-electron chi connectivity index (χ4n) is 3.80. The Morgan fingerprint density at radius 1 is 1.03 bits per heavy atom. The van der Waals surface area contributed by atoms with E-state index in [9.17, 15) is 19.2 Å². The highest BCUT2D eigenvalue weighted by molar-refractivity contribution is 5.94. The van der Waals surface area contributed by atoms with Crippen molar-refractivity contribution >= 4 is 34.6 Å². The molecule has 2 heterocycles. The number of aromatic nitrogens is 3. The van der Waals surface area contributed by atoms with Crippen molar-refractivity contribution < 1.29 is 24.3 Å². The van der Waals surface area contributed by atoms with Crippen LogP contribution in [0.5, 0.6) is 0 Å². The van der Waals surface area contributed by atoms with Crippen molar-refractivity contribution in [2.75, 3.05) is 6.54 Å². The predicted molar refractivity (Wildman–Crippen MR) is 132 cm³/mol. The number of aromatic amines is 2. The minimum Gasteiger partial charge on any atom is -0.480 e. The van der Waals surface area contributed by atoms with Gasteiger partial charge in [0.05, 0.1) is 12.4 Å². The molecule has 0 saturated carbocycles. The first-order valence-corrected chi connectivity index (χ1v) is 11.5. The number of fused-ring (bicyclic) bond motifs is 1. The number of carbonyl (C=O) groups excluding carboxylic acids is 3. The van der Waals surface area contributed by atoms with E-state index in [1.807, 2.05) is 24.3 Å². The highest BCUT2D eigenvalue weighted by Crippen LogP contribution is 2.19. The molecule has 0 saturated heterocycles. The summed E-state index contributed by atoms with van der Waals surface area (Å²) < 4.78 is 0. The maximum Gasteiger partial charge on any atom is 0.322 e. The van der Waals surface area contributed by atoms with Crippen LogP contribution in [0.25, 0.3) is 10.9 Å². The Morgan fingerprint density at radius 3 is 2.44 bits per heavy atom. The van der Waals surface area contributed by atoms with Crippen LogP contribution in [0.2, 0.25) is 0 Å². The third-order valence-electron chi connectivity index (χ3n) is 5.72. The molecule has 3 unspecified atom stereocenters. The molecule has 3 amide bonds. The number of hydrogen-bond acceptors (Lipinski definition) is 6. The van der Waals surface area contributed by atoms with E-state index < -0.39 is 48.4 Å². The number of aliphatic carboxylic acids is 1.